The maximum atomic E-state index is 9.84. The Bertz CT molecular complexity index is 570. The summed E-state index contributed by atoms with van der Waals surface area (Å²) in [6, 6.07) is 2.09. The molecule has 0 bridgehead atoms. The van der Waals surface area contributed by atoms with Gasteiger partial charge in [0.15, 0.2) is 0 Å². The zero-order valence-corrected chi connectivity index (χ0v) is 13.0. The van der Waals surface area contributed by atoms with Crippen LogP contribution in [0.1, 0.15) is 31.6 Å². The lowest BCUT2D eigenvalue weighted by atomic mass is 10.2. The zero-order valence-electron chi connectivity index (χ0n) is 12.2. The second-order valence-electron chi connectivity index (χ2n) is 4.83. The Labute approximate surface area is 123 Å². The van der Waals surface area contributed by atoms with Crippen molar-refractivity contribution in [1.29, 1.82) is 0 Å². The number of hydrogen-bond donors (Lipinski definition) is 3. The van der Waals surface area contributed by atoms with Crippen LogP contribution in [0.2, 0.25) is 0 Å². The van der Waals surface area contributed by atoms with Crippen LogP contribution in [0.25, 0.3) is 10.2 Å². The highest BCUT2D eigenvalue weighted by molar-refractivity contribution is 7.18. The molecule has 110 valence electrons. The van der Waals surface area contributed by atoms with E-state index in [1.807, 2.05) is 6.92 Å². The first-order valence-corrected chi connectivity index (χ1v) is 7.89. The van der Waals surface area contributed by atoms with E-state index < -0.39 is 0 Å². The van der Waals surface area contributed by atoms with E-state index in [0.717, 1.165) is 35.4 Å². The lowest BCUT2D eigenvalue weighted by molar-refractivity contribution is 0.176. The number of aromatic nitrogens is 2. The molecule has 1 unspecified atom stereocenters. The van der Waals surface area contributed by atoms with E-state index in [9.17, 15) is 5.11 Å². The van der Waals surface area contributed by atoms with Crippen LogP contribution < -0.4 is 10.6 Å². The fourth-order valence-electron chi connectivity index (χ4n) is 2.06. The van der Waals surface area contributed by atoms with Crippen LogP contribution in [0.4, 0.5) is 11.8 Å². The number of nitrogens with zero attached hydrogens (tertiary/aromatic N) is 2. The van der Waals surface area contributed by atoms with Gasteiger partial charge in [0.25, 0.3) is 0 Å². The molecular weight excluding hydrogens is 272 g/mol. The van der Waals surface area contributed by atoms with Gasteiger partial charge in [0, 0.05) is 18.0 Å². The summed E-state index contributed by atoms with van der Waals surface area (Å²) in [5.74, 6) is 1.43. The van der Waals surface area contributed by atoms with Gasteiger partial charge in [0.2, 0.25) is 5.95 Å². The van der Waals surface area contributed by atoms with Gasteiger partial charge in [-0.2, -0.15) is 4.98 Å². The quantitative estimate of drug-likeness (QED) is 0.732. The van der Waals surface area contributed by atoms with Crippen molar-refractivity contribution in [1.82, 2.24) is 9.97 Å². The Morgan fingerprint density at radius 2 is 2.10 bits per heavy atom. The topological polar surface area (TPSA) is 70.1 Å². The minimum absolute atomic E-state index is 0.340. The molecule has 0 amide bonds. The van der Waals surface area contributed by atoms with Crippen molar-refractivity contribution in [2.24, 2.45) is 0 Å². The highest BCUT2D eigenvalue weighted by Crippen LogP contribution is 2.29. The molecular formula is C14H22N4OS. The number of thiophene rings is 1. The molecule has 0 fully saturated rings. The van der Waals surface area contributed by atoms with E-state index in [1.54, 1.807) is 11.3 Å². The summed E-state index contributed by atoms with van der Waals surface area (Å²) in [6.45, 7) is 7.45. The fraction of sp³-hybridized carbons (Fsp3) is 0.571. The van der Waals surface area contributed by atoms with Gasteiger partial charge in [-0.05, 0) is 26.3 Å². The molecule has 0 aromatic carbocycles. The molecule has 20 heavy (non-hydrogen) atoms. The molecule has 2 aromatic heterocycles. The third-order valence-electron chi connectivity index (χ3n) is 2.98. The number of hydrogen-bond acceptors (Lipinski definition) is 6. The van der Waals surface area contributed by atoms with E-state index in [4.69, 9.17) is 0 Å². The summed E-state index contributed by atoms with van der Waals surface area (Å²) in [7, 11) is 0. The highest BCUT2D eigenvalue weighted by atomic mass is 32.1. The first kappa shape index (κ1) is 15.0. The molecule has 2 rings (SSSR count). The first-order valence-electron chi connectivity index (χ1n) is 7.08. The van der Waals surface area contributed by atoms with Crippen molar-refractivity contribution < 1.29 is 5.11 Å². The molecule has 0 aliphatic heterocycles. The molecule has 2 heterocycles. The zero-order chi connectivity index (χ0) is 14.5. The van der Waals surface area contributed by atoms with Gasteiger partial charge in [-0.1, -0.05) is 13.3 Å². The lowest BCUT2D eigenvalue weighted by Gasteiger charge is -2.12. The van der Waals surface area contributed by atoms with Gasteiger partial charge in [-0.3, -0.25) is 0 Å². The summed E-state index contributed by atoms with van der Waals surface area (Å²) in [4.78, 5) is 11.2. The SMILES string of the molecule is CCCC(O)CNc1nc(NCC)nc2sc(C)cc12. The molecule has 0 radical (unpaired) electrons. The largest absolute Gasteiger partial charge is 0.391 e. The first-order chi connectivity index (χ1) is 9.63. The number of fused-ring (bicyclic) bond motifs is 1. The summed E-state index contributed by atoms with van der Waals surface area (Å²) >= 11 is 1.66. The second kappa shape index (κ2) is 6.85. The molecule has 3 N–H and O–H groups in total. The van der Waals surface area contributed by atoms with Crippen molar-refractivity contribution in [2.45, 2.75) is 39.7 Å². The number of aliphatic hydroxyl groups excluding tert-OH is 1. The Balaban J connectivity index is 2.24. The van der Waals surface area contributed by atoms with Gasteiger partial charge in [-0.25, -0.2) is 4.98 Å². The normalized spacial score (nSPS) is 12.6. The van der Waals surface area contributed by atoms with Crippen molar-refractivity contribution in [2.75, 3.05) is 23.7 Å². The number of rotatable bonds is 7. The summed E-state index contributed by atoms with van der Waals surface area (Å²) in [5, 5.41) is 17.3. The molecule has 6 heteroatoms. The van der Waals surface area contributed by atoms with E-state index in [2.05, 4.69) is 40.5 Å². The van der Waals surface area contributed by atoms with E-state index in [0.29, 0.717) is 12.5 Å². The van der Waals surface area contributed by atoms with Crippen LogP contribution in [0.3, 0.4) is 0 Å². The number of aryl methyl sites for hydroxylation is 1. The molecule has 5 nitrogen and oxygen atoms in total. The van der Waals surface area contributed by atoms with E-state index in [-0.39, 0.29) is 6.10 Å². The average molecular weight is 294 g/mol. The molecule has 0 aliphatic carbocycles. The fourth-order valence-corrected chi connectivity index (χ4v) is 2.94. The number of nitrogens with one attached hydrogen (secondary N) is 2. The van der Waals surface area contributed by atoms with Gasteiger partial charge >= 0.3 is 0 Å². The minimum Gasteiger partial charge on any atom is -0.391 e. The molecule has 0 saturated carbocycles. The highest BCUT2D eigenvalue weighted by Gasteiger charge is 2.11. The van der Waals surface area contributed by atoms with Crippen molar-refractivity contribution in [3.05, 3.63) is 10.9 Å². The van der Waals surface area contributed by atoms with E-state index >= 15 is 0 Å². The monoisotopic (exact) mass is 294 g/mol. The maximum Gasteiger partial charge on any atom is 0.226 e. The van der Waals surface area contributed by atoms with Crippen LogP contribution in [0.15, 0.2) is 6.07 Å². The van der Waals surface area contributed by atoms with Gasteiger partial charge in [0.05, 0.1) is 11.5 Å². The average Bonchev–Trinajstić information content (AvgIpc) is 2.77. The smallest absolute Gasteiger partial charge is 0.226 e. The van der Waals surface area contributed by atoms with E-state index in [1.165, 1.54) is 4.88 Å². The van der Waals surface area contributed by atoms with Crippen LogP contribution in [-0.4, -0.2) is 34.3 Å². The van der Waals surface area contributed by atoms with Crippen LogP contribution in [0.5, 0.6) is 0 Å². The minimum atomic E-state index is -0.340. The molecule has 1 atom stereocenters. The molecule has 0 spiro atoms. The summed E-state index contributed by atoms with van der Waals surface area (Å²) in [5.41, 5.74) is 0. The third-order valence-corrected chi connectivity index (χ3v) is 3.92. The van der Waals surface area contributed by atoms with Crippen LogP contribution >= 0.6 is 11.3 Å². The molecule has 0 saturated heterocycles. The standard InChI is InChI=1S/C14H22N4OS/c1-4-6-10(19)8-16-12-11-7-9(3)20-13(11)18-14(17-12)15-5-2/h7,10,19H,4-6,8H2,1-3H3,(H2,15,16,17,18). The number of aliphatic hydroxyl groups is 1. The lowest BCUT2D eigenvalue weighted by Crippen LogP contribution is -2.20. The Morgan fingerprint density at radius 1 is 1.30 bits per heavy atom. The van der Waals surface area contributed by atoms with Gasteiger partial charge in [-0.15, -0.1) is 11.3 Å². The predicted molar refractivity (Wildman–Crippen MR) is 85.7 cm³/mol. The van der Waals surface area contributed by atoms with Crippen LogP contribution in [-0.2, 0) is 0 Å². The number of anilines is 2. The van der Waals surface area contributed by atoms with Crippen molar-refractivity contribution in [3.8, 4) is 0 Å². The van der Waals surface area contributed by atoms with Crippen molar-refractivity contribution in [3.63, 3.8) is 0 Å². The Morgan fingerprint density at radius 3 is 2.80 bits per heavy atom. The molecule has 2 aromatic rings. The summed E-state index contributed by atoms with van der Waals surface area (Å²) < 4.78 is 0. The van der Waals surface area contributed by atoms with Gasteiger partial charge < -0.3 is 15.7 Å². The maximum absolute atomic E-state index is 9.84. The Kier molecular flexibility index (Phi) is 5.14. The third kappa shape index (κ3) is 3.58. The molecule has 0 aliphatic rings. The second-order valence-corrected chi connectivity index (χ2v) is 6.06. The van der Waals surface area contributed by atoms with Crippen molar-refractivity contribution >= 4 is 33.3 Å². The predicted octanol–water partition coefficient (Wildman–Crippen LogP) is 3.00. The summed E-state index contributed by atoms with van der Waals surface area (Å²) in [6.07, 6.45) is 1.43. The van der Waals surface area contributed by atoms with Crippen LogP contribution in [0, 0.1) is 6.92 Å². The Hall–Kier alpha value is -1.40. The van der Waals surface area contributed by atoms with Gasteiger partial charge in [0.1, 0.15) is 10.6 Å².